The lowest BCUT2D eigenvalue weighted by molar-refractivity contribution is -0.138. The van der Waals surface area contributed by atoms with Crippen LogP contribution < -0.4 is 5.32 Å². The first-order valence-electron chi connectivity index (χ1n) is 5.58. The normalized spacial score (nSPS) is 13.8. The number of thiophene rings is 1. The summed E-state index contributed by atoms with van der Waals surface area (Å²) >= 11 is 2.09. The van der Waals surface area contributed by atoms with E-state index in [2.05, 4.69) is 15.5 Å². The topological polar surface area (TPSA) is 37.8 Å². The third-order valence-corrected chi connectivity index (χ3v) is 4.32. The second-order valence-corrected chi connectivity index (χ2v) is 6.25. The molecule has 1 unspecified atom stereocenters. The van der Waals surface area contributed by atoms with Crippen LogP contribution in [-0.4, -0.2) is 10.2 Å². The molecule has 2 aromatic rings. The van der Waals surface area contributed by atoms with Gasteiger partial charge in [0.1, 0.15) is 0 Å². The van der Waals surface area contributed by atoms with Gasteiger partial charge in [0.05, 0.1) is 6.04 Å². The van der Waals surface area contributed by atoms with Crippen LogP contribution in [-0.2, 0) is 6.18 Å². The zero-order valence-corrected chi connectivity index (χ0v) is 11.9. The van der Waals surface area contributed by atoms with Gasteiger partial charge in [-0.3, -0.25) is 0 Å². The fourth-order valence-corrected chi connectivity index (χ4v) is 3.16. The summed E-state index contributed by atoms with van der Waals surface area (Å²) in [6.07, 6.45) is -4.44. The van der Waals surface area contributed by atoms with Crippen molar-refractivity contribution in [3.05, 3.63) is 27.4 Å². The minimum absolute atomic E-state index is 0.0611. The van der Waals surface area contributed by atoms with E-state index in [1.165, 1.54) is 0 Å². The predicted octanol–water partition coefficient (Wildman–Crippen LogP) is 4.43. The van der Waals surface area contributed by atoms with Gasteiger partial charge in [0.15, 0.2) is 0 Å². The smallest absolute Gasteiger partial charge is 0.352 e. The first-order valence-corrected chi connectivity index (χ1v) is 7.28. The van der Waals surface area contributed by atoms with Crippen LogP contribution in [0.2, 0.25) is 0 Å². The minimum Gasteiger partial charge on any atom is -0.352 e. The lowest BCUT2D eigenvalue weighted by Gasteiger charge is -2.20. The number of aromatic nitrogens is 2. The van der Waals surface area contributed by atoms with E-state index in [0.717, 1.165) is 4.88 Å². The number of anilines is 1. The van der Waals surface area contributed by atoms with Crippen molar-refractivity contribution >= 4 is 27.8 Å². The van der Waals surface area contributed by atoms with Gasteiger partial charge >= 0.3 is 6.18 Å². The van der Waals surface area contributed by atoms with E-state index < -0.39 is 11.2 Å². The molecule has 0 radical (unpaired) electrons. The van der Waals surface area contributed by atoms with Crippen molar-refractivity contribution in [2.24, 2.45) is 5.92 Å². The van der Waals surface area contributed by atoms with Crippen molar-refractivity contribution in [2.75, 3.05) is 5.32 Å². The highest BCUT2D eigenvalue weighted by molar-refractivity contribution is 7.15. The molecule has 0 aromatic carbocycles. The van der Waals surface area contributed by atoms with Gasteiger partial charge in [-0.05, 0) is 17.4 Å². The Morgan fingerprint density at radius 1 is 1.26 bits per heavy atom. The van der Waals surface area contributed by atoms with E-state index in [1.54, 1.807) is 11.3 Å². The van der Waals surface area contributed by atoms with Crippen LogP contribution in [0.1, 0.15) is 29.8 Å². The first kappa shape index (κ1) is 14.3. The molecule has 0 bridgehead atoms. The van der Waals surface area contributed by atoms with Gasteiger partial charge in [-0.1, -0.05) is 31.3 Å². The molecule has 0 aliphatic heterocycles. The SMILES string of the molecule is CC(C)C(Nc1nnc(C(F)(F)F)s1)c1cccs1. The van der Waals surface area contributed by atoms with Gasteiger partial charge in [-0.25, -0.2) is 0 Å². The summed E-state index contributed by atoms with van der Waals surface area (Å²) in [6, 6.07) is 3.81. The molecular weight excluding hydrogens is 295 g/mol. The Kier molecular flexibility index (Phi) is 4.10. The van der Waals surface area contributed by atoms with Crippen LogP contribution in [0.3, 0.4) is 0 Å². The maximum Gasteiger partial charge on any atom is 0.445 e. The zero-order chi connectivity index (χ0) is 14.0. The molecule has 0 spiro atoms. The molecule has 3 nitrogen and oxygen atoms in total. The Morgan fingerprint density at radius 3 is 2.47 bits per heavy atom. The largest absolute Gasteiger partial charge is 0.445 e. The number of hydrogen-bond acceptors (Lipinski definition) is 5. The molecule has 0 aliphatic carbocycles. The average Bonchev–Trinajstić information content (AvgIpc) is 2.95. The third kappa shape index (κ3) is 3.44. The Morgan fingerprint density at radius 2 is 2.00 bits per heavy atom. The second-order valence-electron chi connectivity index (χ2n) is 4.29. The van der Waals surface area contributed by atoms with Crippen molar-refractivity contribution in [2.45, 2.75) is 26.1 Å². The van der Waals surface area contributed by atoms with Crippen LogP contribution in [0.25, 0.3) is 0 Å². The zero-order valence-electron chi connectivity index (χ0n) is 10.2. The van der Waals surface area contributed by atoms with Crippen LogP contribution in [0.15, 0.2) is 17.5 Å². The molecule has 2 aromatic heterocycles. The lowest BCUT2D eigenvalue weighted by atomic mass is 10.0. The summed E-state index contributed by atoms with van der Waals surface area (Å²) < 4.78 is 37.4. The van der Waals surface area contributed by atoms with E-state index >= 15 is 0 Å². The van der Waals surface area contributed by atoms with Gasteiger partial charge in [0.25, 0.3) is 0 Å². The second kappa shape index (κ2) is 5.46. The van der Waals surface area contributed by atoms with E-state index in [0.29, 0.717) is 11.3 Å². The highest BCUT2D eigenvalue weighted by Gasteiger charge is 2.36. The van der Waals surface area contributed by atoms with E-state index in [1.807, 2.05) is 31.4 Å². The molecule has 2 rings (SSSR count). The van der Waals surface area contributed by atoms with Gasteiger partial charge < -0.3 is 5.32 Å². The fourth-order valence-electron chi connectivity index (χ4n) is 1.56. The number of alkyl halides is 3. The van der Waals surface area contributed by atoms with Gasteiger partial charge in [-0.15, -0.1) is 21.5 Å². The molecule has 0 saturated carbocycles. The molecule has 0 amide bonds. The molecule has 8 heteroatoms. The van der Waals surface area contributed by atoms with E-state index in [-0.39, 0.29) is 17.1 Å². The monoisotopic (exact) mass is 307 g/mol. The molecular formula is C11H12F3N3S2. The quantitative estimate of drug-likeness (QED) is 0.908. The van der Waals surface area contributed by atoms with Gasteiger partial charge in [0, 0.05) is 4.88 Å². The standard InChI is InChI=1S/C11H12F3N3S2/c1-6(2)8(7-4-3-5-18-7)15-10-17-16-9(19-10)11(12,13)14/h3-6,8H,1-2H3,(H,15,17). The van der Waals surface area contributed by atoms with Crippen molar-refractivity contribution in [3.63, 3.8) is 0 Å². The highest BCUT2D eigenvalue weighted by Crippen LogP contribution is 2.35. The molecule has 104 valence electrons. The highest BCUT2D eigenvalue weighted by atomic mass is 32.1. The lowest BCUT2D eigenvalue weighted by Crippen LogP contribution is -2.15. The summed E-state index contributed by atoms with van der Waals surface area (Å²) in [7, 11) is 0. The predicted molar refractivity (Wildman–Crippen MR) is 70.4 cm³/mol. The van der Waals surface area contributed by atoms with Gasteiger partial charge in [0.2, 0.25) is 10.1 Å². The average molecular weight is 307 g/mol. The molecule has 1 atom stereocenters. The Labute approximate surface area is 116 Å². The van der Waals surface area contributed by atoms with E-state index in [4.69, 9.17) is 0 Å². The Hall–Kier alpha value is -1.15. The molecule has 1 N–H and O–H groups in total. The maximum atomic E-state index is 12.5. The van der Waals surface area contributed by atoms with Gasteiger partial charge in [-0.2, -0.15) is 13.2 Å². The van der Waals surface area contributed by atoms with Crippen molar-refractivity contribution in [1.82, 2.24) is 10.2 Å². The van der Waals surface area contributed by atoms with Crippen molar-refractivity contribution < 1.29 is 13.2 Å². The summed E-state index contributed by atoms with van der Waals surface area (Å²) in [5, 5.41) is 11.0. The number of rotatable bonds is 4. The number of nitrogens with zero attached hydrogens (tertiary/aromatic N) is 2. The third-order valence-electron chi connectivity index (χ3n) is 2.46. The molecule has 0 aliphatic rings. The Balaban J connectivity index is 2.17. The summed E-state index contributed by atoms with van der Waals surface area (Å²) in [5.74, 6) is 0.233. The van der Waals surface area contributed by atoms with Crippen LogP contribution >= 0.6 is 22.7 Å². The fraction of sp³-hybridized carbons (Fsp3) is 0.455. The molecule has 2 heterocycles. The number of halogens is 3. The maximum absolute atomic E-state index is 12.5. The van der Waals surface area contributed by atoms with Crippen LogP contribution in [0.5, 0.6) is 0 Å². The first-order chi connectivity index (χ1) is 8.88. The number of hydrogen-bond donors (Lipinski definition) is 1. The molecule has 19 heavy (non-hydrogen) atoms. The van der Waals surface area contributed by atoms with Crippen LogP contribution in [0, 0.1) is 5.92 Å². The van der Waals surface area contributed by atoms with E-state index in [9.17, 15) is 13.2 Å². The Bertz CT molecular complexity index is 520. The van der Waals surface area contributed by atoms with Crippen molar-refractivity contribution in [3.8, 4) is 0 Å². The van der Waals surface area contributed by atoms with Crippen LogP contribution in [0.4, 0.5) is 18.3 Å². The molecule has 0 fully saturated rings. The summed E-state index contributed by atoms with van der Waals surface area (Å²) in [4.78, 5) is 1.07. The summed E-state index contributed by atoms with van der Waals surface area (Å²) in [5.41, 5.74) is 0. The minimum atomic E-state index is -4.44. The van der Waals surface area contributed by atoms with Crippen molar-refractivity contribution in [1.29, 1.82) is 0 Å². The number of nitrogens with one attached hydrogen (secondary N) is 1. The summed E-state index contributed by atoms with van der Waals surface area (Å²) in [6.45, 7) is 4.01. The molecule has 0 saturated heterocycles.